The fourth-order valence-corrected chi connectivity index (χ4v) is 1.56. The predicted octanol–water partition coefficient (Wildman–Crippen LogP) is 2.11. The molecule has 110 valence electrons. The second-order valence-electron chi connectivity index (χ2n) is 4.94. The van der Waals surface area contributed by atoms with Gasteiger partial charge in [-0.05, 0) is 26.0 Å². The van der Waals surface area contributed by atoms with Crippen LogP contribution in [0.3, 0.4) is 0 Å². The highest BCUT2D eigenvalue weighted by Crippen LogP contribution is 2.24. The van der Waals surface area contributed by atoms with E-state index < -0.39 is 5.60 Å². The summed E-state index contributed by atoms with van der Waals surface area (Å²) in [5.74, 6) is 0.382. The first-order valence-electron chi connectivity index (χ1n) is 6.19. The van der Waals surface area contributed by atoms with Crippen LogP contribution in [-0.4, -0.2) is 30.2 Å². The number of carbonyl (C=O) groups is 1. The van der Waals surface area contributed by atoms with Gasteiger partial charge in [-0.1, -0.05) is 24.4 Å². The third-order valence-corrected chi connectivity index (χ3v) is 2.79. The van der Waals surface area contributed by atoms with Crippen LogP contribution in [0.25, 0.3) is 0 Å². The highest BCUT2D eigenvalue weighted by Gasteiger charge is 2.21. The zero-order valence-corrected chi connectivity index (χ0v) is 12.8. The number of nitrogens with two attached hydrogens (primary N) is 1. The number of hydrogen-bond acceptors (Lipinski definition) is 4. The average Bonchev–Trinajstić information content (AvgIpc) is 2.37. The number of para-hydroxylation sites is 2. The van der Waals surface area contributed by atoms with Crippen LogP contribution in [0, 0.1) is 0 Å². The van der Waals surface area contributed by atoms with Crippen LogP contribution in [0.15, 0.2) is 24.3 Å². The van der Waals surface area contributed by atoms with Crippen LogP contribution < -0.4 is 15.8 Å². The van der Waals surface area contributed by atoms with E-state index in [0.717, 1.165) is 0 Å². The summed E-state index contributed by atoms with van der Waals surface area (Å²) in [5, 5.41) is 2.80. The molecule has 0 unspecified atom stereocenters. The maximum atomic E-state index is 12.0. The van der Waals surface area contributed by atoms with Crippen molar-refractivity contribution in [2.45, 2.75) is 25.9 Å². The Morgan fingerprint density at radius 3 is 2.65 bits per heavy atom. The number of nitrogens with one attached hydrogen (secondary N) is 1. The van der Waals surface area contributed by atoms with Gasteiger partial charge < -0.3 is 20.5 Å². The quantitative estimate of drug-likeness (QED) is 0.754. The van der Waals surface area contributed by atoms with Gasteiger partial charge in [-0.25, -0.2) is 0 Å². The highest BCUT2D eigenvalue weighted by atomic mass is 32.1. The Hall–Kier alpha value is -1.66. The molecule has 0 heterocycles. The van der Waals surface area contributed by atoms with E-state index in [1.165, 1.54) is 0 Å². The first kappa shape index (κ1) is 16.4. The van der Waals surface area contributed by atoms with Crippen molar-refractivity contribution in [3.8, 4) is 5.75 Å². The lowest BCUT2D eigenvalue weighted by Crippen LogP contribution is -2.29. The number of thiocarbonyl (C=S) groups is 1. The number of ether oxygens (including phenoxy) is 2. The van der Waals surface area contributed by atoms with Gasteiger partial charge in [0.05, 0.1) is 17.7 Å². The van der Waals surface area contributed by atoms with Gasteiger partial charge in [0.15, 0.2) is 0 Å². The minimum atomic E-state index is -0.515. The number of rotatable bonds is 7. The van der Waals surface area contributed by atoms with E-state index in [2.05, 4.69) is 5.32 Å². The molecule has 1 amide bonds. The standard InChI is InChI=1S/C14H20N2O3S/c1-14(2,18-3)8-13(17)16-10-6-4-5-7-11(10)19-9-12(15)20/h4-7H,8-9H2,1-3H3,(H2,15,20)(H,16,17). The summed E-state index contributed by atoms with van der Waals surface area (Å²) in [6, 6.07) is 7.12. The smallest absolute Gasteiger partial charge is 0.227 e. The van der Waals surface area contributed by atoms with Gasteiger partial charge in [-0.2, -0.15) is 0 Å². The average molecular weight is 296 g/mol. The molecule has 0 saturated carbocycles. The van der Waals surface area contributed by atoms with Crippen molar-refractivity contribution >= 4 is 28.8 Å². The summed E-state index contributed by atoms with van der Waals surface area (Å²) in [7, 11) is 1.58. The maximum absolute atomic E-state index is 12.0. The monoisotopic (exact) mass is 296 g/mol. The molecule has 5 nitrogen and oxygen atoms in total. The number of amides is 1. The van der Waals surface area contributed by atoms with E-state index in [-0.39, 0.29) is 23.9 Å². The Labute approximate surface area is 124 Å². The maximum Gasteiger partial charge on any atom is 0.227 e. The molecule has 20 heavy (non-hydrogen) atoms. The predicted molar refractivity (Wildman–Crippen MR) is 83.1 cm³/mol. The lowest BCUT2D eigenvalue weighted by Gasteiger charge is -2.22. The Balaban J connectivity index is 2.72. The summed E-state index contributed by atoms with van der Waals surface area (Å²) < 4.78 is 10.7. The third-order valence-electron chi connectivity index (χ3n) is 2.67. The zero-order valence-electron chi connectivity index (χ0n) is 11.9. The van der Waals surface area contributed by atoms with E-state index in [9.17, 15) is 4.79 Å². The molecule has 0 aromatic heterocycles. The second kappa shape index (κ2) is 7.21. The molecular weight excluding hydrogens is 276 g/mol. The molecular formula is C14H20N2O3S. The van der Waals surface area contributed by atoms with Crippen molar-refractivity contribution < 1.29 is 14.3 Å². The van der Waals surface area contributed by atoms with E-state index in [1.54, 1.807) is 19.2 Å². The summed E-state index contributed by atoms with van der Waals surface area (Å²) in [6.45, 7) is 3.83. The second-order valence-corrected chi connectivity index (χ2v) is 5.46. The molecule has 0 aliphatic carbocycles. The first-order chi connectivity index (χ1) is 9.34. The van der Waals surface area contributed by atoms with Crippen molar-refractivity contribution in [1.82, 2.24) is 0 Å². The Morgan fingerprint density at radius 1 is 1.40 bits per heavy atom. The van der Waals surface area contributed by atoms with E-state index in [0.29, 0.717) is 11.4 Å². The Morgan fingerprint density at radius 2 is 2.05 bits per heavy atom. The van der Waals surface area contributed by atoms with Crippen molar-refractivity contribution in [3.05, 3.63) is 24.3 Å². The van der Waals surface area contributed by atoms with Crippen molar-refractivity contribution in [3.63, 3.8) is 0 Å². The van der Waals surface area contributed by atoms with Crippen molar-refractivity contribution in [2.75, 3.05) is 19.0 Å². The third kappa shape index (κ3) is 5.54. The van der Waals surface area contributed by atoms with Crippen LogP contribution in [0.5, 0.6) is 5.75 Å². The number of carbonyl (C=O) groups excluding carboxylic acids is 1. The van der Waals surface area contributed by atoms with Gasteiger partial charge in [-0.3, -0.25) is 4.79 Å². The zero-order chi connectivity index (χ0) is 15.2. The van der Waals surface area contributed by atoms with Gasteiger partial charge in [-0.15, -0.1) is 0 Å². The molecule has 6 heteroatoms. The van der Waals surface area contributed by atoms with Gasteiger partial charge in [0.1, 0.15) is 17.3 Å². The summed E-state index contributed by atoms with van der Waals surface area (Å²) in [6.07, 6.45) is 0.243. The van der Waals surface area contributed by atoms with E-state index >= 15 is 0 Å². The van der Waals surface area contributed by atoms with E-state index in [1.807, 2.05) is 26.0 Å². The SMILES string of the molecule is COC(C)(C)CC(=O)Nc1ccccc1OCC(N)=S. The molecule has 0 fully saturated rings. The fraction of sp³-hybridized carbons (Fsp3) is 0.429. The largest absolute Gasteiger partial charge is 0.484 e. The molecule has 0 saturated heterocycles. The van der Waals surface area contributed by atoms with Gasteiger partial charge in [0, 0.05) is 7.11 Å². The lowest BCUT2D eigenvalue weighted by atomic mass is 10.0. The number of methoxy groups -OCH3 is 1. The minimum Gasteiger partial charge on any atom is -0.484 e. The van der Waals surface area contributed by atoms with Crippen LogP contribution in [-0.2, 0) is 9.53 Å². The number of hydrogen-bond donors (Lipinski definition) is 2. The summed E-state index contributed by atoms with van der Waals surface area (Å²) in [5.41, 5.74) is 5.46. The summed E-state index contributed by atoms with van der Waals surface area (Å²) >= 11 is 4.76. The van der Waals surface area contributed by atoms with Crippen LogP contribution in [0.2, 0.25) is 0 Å². The van der Waals surface area contributed by atoms with Crippen molar-refractivity contribution in [1.29, 1.82) is 0 Å². The minimum absolute atomic E-state index is 0.131. The van der Waals surface area contributed by atoms with Gasteiger partial charge in [0.25, 0.3) is 0 Å². The molecule has 0 spiro atoms. The molecule has 0 bridgehead atoms. The number of anilines is 1. The molecule has 0 radical (unpaired) electrons. The molecule has 1 aromatic rings. The Kier molecular flexibility index (Phi) is 5.91. The number of benzene rings is 1. The molecule has 1 aromatic carbocycles. The van der Waals surface area contributed by atoms with Gasteiger partial charge in [0.2, 0.25) is 5.91 Å². The van der Waals surface area contributed by atoms with Gasteiger partial charge >= 0.3 is 0 Å². The normalized spacial score (nSPS) is 10.9. The molecule has 0 aliphatic rings. The van der Waals surface area contributed by atoms with Crippen LogP contribution in [0.4, 0.5) is 5.69 Å². The highest BCUT2D eigenvalue weighted by molar-refractivity contribution is 7.80. The molecule has 0 aliphatic heterocycles. The van der Waals surface area contributed by atoms with Crippen LogP contribution in [0.1, 0.15) is 20.3 Å². The van der Waals surface area contributed by atoms with E-state index in [4.69, 9.17) is 27.4 Å². The molecule has 1 rings (SSSR count). The summed E-state index contributed by atoms with van der Waals surface area (Å²) in [4.78, 5) is 12.2. The Bertz CT molecular complexity index is 489. The molecule has 0 atom stereocenters. The topological polar surface area (TPSA) is 73.6 Å². The first-order valence-corrected chi connectivity index (χ1v) is 6.60. The van der Waals surface area contributed by atoms with Crippen LogP contribution >= 0.6 is 12.2 Å². The lowest BCUT2D eigenvalue weighted by molar-refractivity contribution is -0.121. The van der Waals surface area contributed by atoms with Crippen molar-refractivity contribution in [2.24, 2.45) is 5.73 Å². The fourth-order valence-electron chi connectivity index (χ4n) is 1.50. The molecule has 3 N–H and O–H groups in total.